The minimum Gasteiger partial charge on any atom is -0.395 e. The molecule has 3 nitrogen and oxygen atoms in total. The summed E-state index contributed by atoms with van der Waals surface area (Å²) in [6.45, 7) is 0.400. The Hall–Kier alpha value is -0.580. The fourth-order valence-corrected chi connectivity index (χ4v) is 2.26. The van der Waals surface area contributed by atoms with E-state index in [0.29, 0.717) is 19.4 Å². The quantitative estimate of drug-likeness (QED) is 0.862. The molecule has 1 amide bonds. The molecule has 0 aliphatic carbocycles. The third-order valence-electron chi connectivity index (χ3n) is 2.07. The molecule has 1 aromatic rings. The second-order valence-corrected chi connectivity index (χ2v) is 4.70. The van der Waals surface area contributed by atoms with Gasteiger partial charge in [0.05, 0.1) is 11.6 Å². The zero-order valence-corrected chi connectivity index (χ0v) is 10.1. The number of hydrogen-bond donors (Lipinski definition) is 1. The molecule has 0 aliphatic rings. The van der Waals surface area contributed by atoms with Gasteiger partial charge in [0.1, 0.15) is 0 Å². The molecule has 0 radical (unpaired) electrons. The van der Waals surface area contributed by atoms with Crippen molar-refractivity contribution < 1.29 is 9.90 Å². The van der Waals surface area contributed by atoms with Crippen molar-refractivity contribution in [3.8, 4) is 0 Å². The lowest BCUT2D eigenvalue weighted by atomic mass is 10.2. The fourth-order valence-electron chi connectivity index (χ4n) is 1.18. The van der Waals surface area contributed by atoms with E-state index in [0.717, 1.165) is 9.90 Å². The van der Waals surface area contributed by atoms with E-state index < -0.39 is 0 Å². The van der Waals surface area contributed by atoms with E-state index in [1.807, 2.05) is 11.4 Å². The number of thiophene rings is 1. The molecule has 1 N–H and O–H groups in total. The normalized spacial score (nSPS) is 10.3. The van der Waals surface area contributed by atoms with Crippen LogP contribution in [0.5, 0.6) is 0 Å². The first-order valence-corrected chi connectivity index (χ1v) is 5.97. The molecule has 1 heterocycles. The van der Waals surface area contributed by atoms with Crippen LogP contribution in [0.15, 0.2) is 11.4 Å². The largest absolute Gasteiger partial charge is 0.395 e. The number of halogens is 1. The van der Waals surface area contributed by atoms with Crippen LogP contribution >= 0.6 is 22.9 Å². The van der Waals surface area contributed by atoms with Crippen LogP contribution in [-0.4, -0.2) is 36.1 Å². The van der Waals surface area contributed by atoms with Crippen LogP contribution in [0.4, 0.5) is 0 Å². The molecule has 0 fully saturated rings. The molecular formula is C10H14ClNO2S. The van der Waals surface area contributed by atoms with Crippen molar-refractivity contribution in [2.24, 2.45) is 0 Å². The predicted molar refractivity (Wildman–Crippen MR) is 62.4 cm³/mol. The molecule has 0 aromatic carbocycles. The van der Waals surface area contributed by atoms with Gasteiger partial charge in [-0.3, -0.25) is 4.79 Å². The second kappa shape index (κ2) is 6.10. The molecule has 0 bridgehead atoms. The van der Waals surface area contributed by atoms with E-state index >= 15 is 0 Å². The van der Waals surface area contributed by atoms with Crippen molar-refractivity contribution >= 4 is 28.8 Å². The Bertz CT molecular complexity index is 327. The van der Waals surface area contributed by atoms with Crippen molar-refractivity contribution in [1.82, 2.24) is 4.90 Å². The van der Waals surface area contributed by atoms with Crippen LogP contribution in [0, 0.1) is 0 Å². The number of aliphatic hydroxyl groups excluding tert-OH is 1. The lowest BCUT2D eigenvalue weighted by Crippen LogP contribution is -2.29. The number of carbonyl (C=O) groups excluding carboxylic acids is 1. The molecule has 0 saturated carbocycles. The number of likely N-dealkylation sites (N-methyl/N-ethyl adjacent to an activating group) is 1. The molecule has 0 atom stereocenters. The number of hydrogen-bond acceptors (Lipinski definition) is 3. The SMILES string of the molecule is CN(CCO)C(=O)CCc1cc(Cl)cs1. The maximum atomic E-state index is 11.5. The number of nitrogens with zero attached hydrogens (tertiary/aromatic N) is 1. The summed E-state index contributed by atoms with van der Waals surface area (Å²) in [7, 11) is 1.69. The van der Waals surface area contributed by atoms with Crippen LogP contribution < -0.4 is 0 Å². The molecule has 1 aromatic heterocycles. The van der Waals surface area contributed by atoms with Gasteiger partial charge in [0.25, 0.3) is 0 Å². The van der Waals surface area contributed by atoms with E-state index in [-0.39, 0.29) is 12.5 Å². The van der Waals surface area contributed by atoms with Gasteiger partial charge in [0, 0.05) is 30.3 Å². The van der Waals surface area contributed by atoms with E-state index in [4.69, 9.17) is 16.7 Å². The standard InChI is InChI=1S/C10H14ClNO2S/c1-12(4-5-13)10(14)3-2-9-6-8(11)7-15-9/h6-7,13H,2-5H2,1H3. The molecule has 0 aliphatic heterocycles. The van der Waals surface area contributed by atoms with Crippen molar-refractivity contribution in [2.75, 3.05) is 20.2 Å². The van der Waals surface area contributed by atoms with Gasteiger partial charge >= 0.3 is 0 Å². The van der Waals surface area contributed by atoms with Crippen LogP contribution in [0.1, 0.15) is 11.3 Å². The average molecular weight is 248 g/mol. The summed E-state index contributed by atoms with van der Waals surface area (Å²) >= 11 is 7.33. The van der Waals surface area contributed by atoms with E-state index in [9.17, 15) is 4.79 Å². The summed E-state index contributed by atoms with van der Waals surface area (Å²) in [6, 6.07) is 1.88. The highest BCUT2D eigenvalue weighted by atomic mass is 35.5. The number of carbonyl (C=O) groups is 1. The Kier molecular flexibility index (Phi) is 5.08. The maximum Gasteiger partial charge on any atom is 0.222 e. The van der Waals surface area contributed by atoms with Crippen LogP contribution in [0.3, 0.4) is 0 Å². The zero-order valence-electron chi connectivity index (χ0n) is 8.57. The molecule has 1 rings (SSSR count). The monoisotopic (exact) mass is 247 g/mol. The number of rotatable bonds is 5. The Morgan fingerprint density at radius 2 is 2.40 bits per heavy atom. The fraction of sp³-hybridized carbons (Fsp3) is 0.500. The molecule has 84 valence electrons. The van der Waals surface area contributed by atoms with E-state index in [1.165, 1.54) is 4.90 Å². The molecule has 15 heavy (non-hydrogen) atoms. The lowest BCUT2D eigenvalue weighted by molar-refractivity contribution is -0.130. The maximum absolute atomic E-state index is 11.5. The molecule has 0 spiro atoms. The summed E-state index contributed by atoms with van der Waals surface area (Å²) < 4.78 is 0. The highest BCUT2D eigenvalue weighted by molar-refractivity contribution is 7.10. The highest BCUT2D eigenvalue weighted by Gasteiger charge is 2.08. The molecule has 0 saturated heterocycles. The van der Waals surface area contributed by atoms with E-state index in [2.05, 4.69) is 0 Å². The van der Waals surface area contributed by atoms with Gasteiger partial charge in [-0.05, 0) is 12.5 Å². The van der Waals surface area contributed by atoms with Gasteiger partial charge in [0.2, 0.25) is 5.91 Å². The van der Waals surface area contributed by atoms with Gasteiger partial charge in [-0.2, -0.15) is 0 Å². The predicted octanol–water partition coefficient (Wildman–Crippen LogP) is 1.78. The molecular weight excluding hydrogens is 234 g/mol. The van der Waals surface area contributed by atoms with Crippen molar-refractivity contribution in [3.63, 3.8) is 0 Å². The Balaban J connectivity index is 2.34. The smallest absolute Gasteiger partial charge is 0.222 e. The van der Waals surface area contributed by atoms with Crippen LogP contribution in [-0.2, 0) is 11.2 Å². The zero-order chi connectivity index (χ0) is 11.3. The molecule has 5 heteroatoms. The Morgan fingerprint density at radius 1 is 1.67 bits per heavy atom. The summed E-state index contributed by atoms with van der Waals surface area (Å²) in [5, 5.41) is 11.3. The summed E-state index contributed by atoms with van der Waals surface area (Å²) in [4.78, 5) is 14.2. The number of aryl methyl sites for hydroxylation is 1. The summed E-state index contributed by atoms with van der Waals surface area (Å²) in [6.07, 6.45) is 1.18. The van der Waals surface area contributed by atoms with Gasteiger partial charge in [-0.25, -0.2) is 0 Å². The first kappa shape index (κ1) is 12.5. The van der Waals surface area contributed by atoms with Gasteiger partial charge < -0.3 is 10.0 Å². The highest BCUT2D eigenvalue weighted by Crippen LogP contribution is 2.20. The minimum absolute atomic E-state index is 0.00701. The van der Waals surface area contributed by atoms with Crippen LogP contribution in [0.25, 0.3) is 0 Å². The topological polar surface area (TPSA) is 40.5 Å². The number of amides is 1. The van der Waals surface area contributed by atoms with Gasteiger partial charge in [0.15, 0.2) is 0 Å². The van der Waals surface area contributed by atoms with E-state index in [1.54, 1.807) is 18.4 Å². The van der Waals surface area contributed by atoms with Gasteiger partial charge in [-0.1, -0.05) is 11.6 Å². The second-order valence-electron chi connectivity index (χ2n) is 3.27. The summed E-state index contributed by atoms with van der Waals surface area (Å²) in [5.41, 5.74) is 0. The van der Waals surface area contributed by atoms with Gasteiger partial charge in [-0.15, -0.1) is 11.3 Å². The first-order chi connectivity index (χ1) is 7.13. The first-order valence-electron chi connectivity index (χ1n) is 4.71. The third-order valence-corrected chi connectivity index (χ3v) is 3.41. The summed E-state index contributed by atoms with van der Waals surface area (Å²) in [5.74, 6) is 0.0496. The molecule has 0 unspecified atom stereocenters. The third kappa shape index (κ3) is 4.20. The van der Waals surface area contributed by atoms with Crippen molar-refractivity contribution in [1.29, 1.82) is 0 Å². The Labute approximate surface area is 98.3 Å². The average Bonchev–Trinajstić information content (AvgIpc) is 2.61. The van der Waals surface area contributed by atoms with Crippen molar-refractivity contribution in [3.05, 3.63) is 21.3 Å². The minimum atomic E-state index is 0.00701. The lowest BCUT2D eigenvalue weighted by Gasteiger charge is -2.14. The Morgan fingerprint density at radius 3 is 2.93 bits per heavy atom. The van der Waals surface area contributed by atoms with Crippen LogP contribution in [0.2, 0.25) is 5.02 Å². The van der Waals surface area contributed by atoms with Crippen molar-refractivity contribution in [2.45, 2.75) is 12.8 Å². The number of aliphatic hydroxyl groups is 1.